The zero-order valence-corrected chi connectivity index (χ0v) is 22.3. The number of rotatable bonds is 13. The Kier molecular flexibility index (Phi) is 11.4. The van der Waals surface area contributed by atoms with Crippen LogP contribution >= 0.6 is 0 Å². The highest BCUT2D eigenvalue weighted by Gasteiger charge is 2.46. The van der Waals surface area contributed by atoms with Crippen molar-refractivity contribution in [2.24, 2.45) is 0 Å². The molecule has 3 rings (SSSR count). The van der Waals surface area contributed by atoms with Crippen molar-refractivity contribution in [1.82, 2.24) is 0 Å². The molecule has 7 N–H and O–H groups in total. The molecule has 0 radical (unpaired) electrons. The molecular weight excluding hydrogens is 532 g/mol. The standard InChI is InChI=1S/C27H36O13/c1-35-17-11-15(6-7-16(17)31)25(40-27-24(34)23(33)22(32)20(12-29)39-27)21(13-30)38-26-18(36-2)9-14(5-4-8-28)10-19(26)37-3/h4-7,9-11,20-25,27-34H,8,12-13H2,1-3H3/b5-4-/t20-,21-,22-,23+,24-,25-,27+/m1/s1. The van der Waals surface area contributed by atoms with Crippen LogP contribution in [0.3, 0.4) is 0 Å². The van der Waals surface area contributed by atoms with Gasteiger partial charge in [0.15, 0.2) is 35.4 Å². The molecule has 222 valence electrons. The average molecular weight is 569 g/mol. The molecule has 40 heavy (non-hydrogen) atoms. The summed E-state index contributed by atoms with van der Waals surface area (Å²) in [6.45, 7) is -1.50. The number of hydrogen-bond donors (Lipinski definition) is 7. The Balaban J connectivity index is 2.06. The van der Waals surface area contributed by atoms with Crippen LogP contribution in [0.1, 0.15) is 17.2 Å². The van der Waals surface area contributed by atoms with E-state index in [1.54, 1.807) is 18.2 Å². The van der Waals surface area contributed by atoms with E-state index < -0.39 is 56.1 Å². The Morgan fingerprint density at radius 3 is 2.08 bits per heavy atom. The minimum Gasteiger partial charge on any atom is -0.504 e. The summed E-state index contributed by atoms with van der Waals surface area (Å²) >= 11 is 0. The Morgan fingerprint density at radius 1 is 0.875 bits per heavy atom. The molecule has 1 aliphatic heterocycles. The lowest BCUT2D eigenvalue weighted by Crippen LogP contribution is -2.59. The zero-order chi connectivity index (χ0) is 29.4. The van der Waals surface area contributed by atoms with Gasteiger partial charge in [-0.2, -0.15) is 0 Å². The van der Waals surface area contributed by atoms with Gasteiger partial charge in [0, 0.05) is 0 Å². The van der Waals surface area contributed by atoms with Crippen LogP contribution in [0.4, 0.5) is 0 Å². The number of ether oxygens (including phenoxy) is 6. The van der Waals surface area contributed by atoms with Crippen LogP contribution in [0.2, 0.25) is 0 Å². The summed E-state index contributed by atoms with van der Waals surface area (Å²) < 4.78 is 33.9. The Labute approximate surface area is 231 Å². The predicted octanol–water partition coefficient (Wildman–Crippen LogP) is -0.279. The fraction of sp³-hybridized carbons (Fsp3) is 0.481. The van der Waals surface area contributed by atoms with Crippen LogP contribution in [-0.4, -0.2) is 114 Å². The number of methoxy groups -OCH3 is 3. The number of aromatic hydroxyl groups is 1. The molecule has 0 amide bonds. The third kappa shape index (κ3) is 6.95. The highest BCUT2D eigenvalue weighted by molar-refractivity contribution is 5.62. The van der Waals surface area contributed by atoms with E-state index in [2.05, 4.69) is 0 Å². The van der Waals surface area contributed by atoms with E-state index in [-0.39, 0.29) is 35.4 Å². The van der Waals surface area contributed by atoms with Gasteiger partial charge in [0.25, 0.3) is 0 Å². The number of benzene rings is 2. The second-order valence-corrected chi connectivity index (χ2v) is 8.86. The van der Waals surface area contributed by atoms with E-state index in [1.807, 2.05) is 0 Å². The topological polar surface area (TPSA) is 197 Å². The maximum atomic E-state index is 10.6. The number of aliphatic hydroxyl groups excluding tert-OH is 6. The molecule has 2 aromatic rings. The zero-order valence-electron chi connectivity index (χ0n) is 22.3. The van der Waals surface area contributed by atoms with Crippen molar-refractivity contribution < 1.29 is 64.2 Å². The summed E-state index contributed by atoms with van der Waals surface area (Å²) in [5, 5.41) is 70.3. The van der Waals surface area contributed by atoms with E-state index in [0.717, 1.165) is 0 Å². The molecular formula is C27H36O13. The molecule has 1 heterocycles. The van der Waals surface area contributed by atoms with Crippen LogP contribution < -0.4 is 18.9 Å². The third-order valence-electron chi connectivity index (χ3n) is 6.35. The first-order valence-electron chi connectivity index (χ1n) is 12.4. The average Bonchev–Trinajstić information content (AvgIpc) is 2.97. The van der Waals surface area contributed by atoms with Crippen LogP contribution in [0.25, 0.3) is 6.08 Å². The van der Waals surface area contributed by atoms with E-state index in [9.17, 15) is 30.6 Å². The quantitative estimate of drug-likeness (QED) is 0.167. The first-order chi connectivity index (χ1) is 19.2. The van der Waals surface area contributed by atoms with E-state index in [4.69, 9.17) is 33.5 Å². The van der Waals surface area contributed by atoms with Gasteiger partial charge in [0.05, 0.1) is 41.2 Å². The monoisotopic (exact) mass is 568 g/mol. The van der Waals surface area contributed by atoms with Crippen LogP contribution in [0.15, 0.2) is 36.4 Å². The number of aliphatic hydroxyl groups is 6. The molecule has 1 aliphatic rings. The van der Waals surface area contributed by atoms with Crippen LogP contribution in [0, 0.1) is 0 Å². The van der Waals surface area contributed by atoms with Gasteiger partial charge >= 0.3 is 0 Å². The number of phenolic OH excluding ortho intramolecular Hbond substituents is 1. The van der Waals surface area contributed by atoms with Crippen molar-refractivity contribution >= 4 is 6.08 Å². The summed E-state index contributed by atoms with van der Waals surface area (Å²) in [4.78, 5) is 0. The molecule has 0 spiro atoms. The lowest BCUT2D eigenvalue weighted by Gasteiger charge is -2.41. The third-order valence-corrected chi connectivity index (χ3v) is 6.35. The molecule has 1 saturated heterocycles. The molecule has 0 bridgehead atoms. The minimum absolute atomic E-state index is 0.0757. The van der Waals surface area contributed by atoms with Gasteiger partial charge in [0.1, 0.15) is 30.5 Å². The van der Waals surface area contributed by atoms with Gasteiger partial charge in [-0.1, -0.05) is 18.2 Å². The molecule has 2 aromatic carbocycles. The van der Waals surface area contributed by atoms with Crippen molar-refractivity contribution in [3.05, 3.63) is 47.5 Å². The van der Waals surface area contributed by atoms with Gasteiger partial charge in [-0.3, -0.25) is 0 Å². The summed E-state index contributed by atoms with van der Waals surface area (Å²) in [6.07, 6.45) is -7.19. The summed E-state index contributed by atoms with van der Waals surface area (Å²) in [5.41, 5.74) is 0.944. The van der Waals surface area contributed by atoms with Crippen molar-refractivity contribution in [2.75, 3.05) is 41.2 Å². The predicted molar refractivity (Wildman–Crippen MR) is 139 cm³/mol. The highest BCUT2D eigenvalue weighted by Crippen LogP contribution is 2.42. The maximum absolute atomic E-state index is 10.6. The van der Waals surface area contributed by atoms with Crippen molar-refractivity contribution in [2.45, 2.75) is 42.9 Å². The molecule has 7 atom stereocenters. The molecule has 0 aliphatic carbocycles. The summed E-state index contributed by atoms with van der Waals surface area (Å²) in [5.74, 6) is 0.454. The Bertz CT molecular complexity index is 1100. The number of hydrogen-bond acceptors (Lipinski definition) is 13. The van der Waals surface area contributed by atoms with Crippen LogP contribution in [0.5, 0.6) is 28.7 Å². The lowest BCUT2D eigenvalue weighted by atomic mass is 9.98. The van der Waals surface area contributed by atoms with Crippen LogP contribution in [-0.2, 0) is 9.47 Å². The van der Waals surface area contributed by atoms with Gasteiger partial charge in [-0.15, -0.1) is 0 Å². The van der Waals surface area contributed by atoms with Gasteiger partial charge in [-0.05, 0) is 35.4 Å². The van der Waals surface area contributed by atoms with E-state index in [0.29, 0.717) is 11.1 Å². The molecule has 13 nitrogen and oxygen atoms in total. The van der Waals surface area contributed by atoms with Gasteiger partial charge in [-0.25, -0.2) is 0 Å². The lowest BCUT2D eigenvalue weighted by molar-refractivity contribution is -0.318. The smallest absolute Gasteiger partial charge is 0.204 e. The normalized spacial score (nSPS) is 24.5. The number of phenols is 1. The van der Waals surface area contributed by atoms with E-state index in [1.165, 1.54) is 45.6 Å². The fourth-order valence-corrected chi connectivity index (χ4v) is 4.22. The van der Waals surface area contributed by atoms with Crippen molar-refractivity contribution in [3.63, 3.8) is 0 Å². The van der Waals surface area contributed by atoms with Crippen molar-refractivity contribution in [1.29, 1.82) is 0 Å². The van der Waals surface area contributed by atoms with Gasteiger partial charge in [0.2, 0.25) is 5.75 Å². The maximum Gasteiger partial charge on any atom is 0.204 e. The molecule has 0 unspecified atom stereocenters. The molecule has 13 heteroatoms. The first-order valence-corrected chi connectivity index (χ1v) is 12.4. The minimum atomic E-state index is -1.74. The first kappa shape index (κ1) is 31.4. The van der Waals surface area contributed by atoms with Crippen molar-refractivity contribution in [3.8, 4) is 28.7 Å². The van der Waals surface area contributed by atoms with Gasteiger partial charge < -0.3 is 64.2 Å². The fourth-order valence-electron chi connectivity index (χ4n) is 4.22. The van der Waals surface area contributed by atoms with E-state index >= 15 is 0 Å². The molecule has 1 fully saturated rings. The SMILES string of the molecule is COc1cc([C@@H](O[C@@H]2O[C@H](CO)[C@@H](O)[C@H](O)[C@H]2O)[C@@H](CO)Oc2c(OC)cc(/C=C\CO)cc2OC)ccc1O. The highest BCUT2D eigenvalue weighted by atomic mass is 16.7. The second kappa shape index (κ2) is 14.5. The molecule has 0 aromatic heterocycles. The Hall–Kier alpha value is -3.14. The summed E-state index contributed by atoms with van der Waals surface area (Å²) in [6, 6.07) is 7.46. The second-order valence-electron chi connectivity index (χ2n) is 8.86. The largest absolute Gasteiger partial charge is 0.504 e. The summed E-state index contributed by atoms with van der Waals surface area (Å²) in [7, 11) is 4.15. The Morgan fingerprint density at radius 2 is 1.52 bits per heavy atom. The molecule has 0 saturated carbocycles.